The smallest absolute Gasteiger partial charge is 0.124 e. The van der Waals surface area contributed by atoms with E-state index in [2.05, 4.69) is 22.8 Å². The Morgan fingerprint density at radius 2 is 2.24 bits per heavy atom. The summed E-state index contributed by atoms with van der Waals surface area (Å²) in [5.74, 6) is 0.729. The van der Waals surface area contributed by atoms with Gasteiger partial charge in [0.15, 0.2) is 0 Å². The first-order chi connectivity index (χ1) is 8.29. The third-order valence-electron chi connectivity index (χ3n) is 2.45. The van der Waals surface area contributed by atoms with E-state index in [9.17, 15) is 4.39 Å². The van der Waals surface area contributed by atoms with Crippen LogP contribution >= 0.6 is 23.1 Å². The Hall–Kier alpha value is -0.840. The van der Waals surface area contributed by atoms with Crippen molar-refractivity contribution in [3.05, 3.63) is 52.5 Å². The lowest BCUT2D eigenvalue weighted by Gasteiger charge is -2.13. The monoisotopic (exact) mass is 267 g/mol. The molecule has 0 aliphatic heterocycles. The molecule has 1 aromatic heterocycles. The predicted octanol–water partition coefficient (Wildman–Crippen LogP) is 3.94. The van der Waals surface area contributed by atoms with Gasteiger partial charge in [-0.15, -0.1) is 23.1 Å². The van der Waals surface area contributed by atoms with E-state index in [0.717, 1.165) is 10.6 Å². The maximum atomic E-state index is 13.0. The van der Waals surface area contributed by atoms with E-state index in [0.29, 0.717) is 6.04 Å². The Kier molecular flexibility index (Phi) is 4.59. The Morgan fingerprint density at radius 3 is 2.88 bits per heavy atom. The largest absolute Gasteiger partial charge is 0.312 e. The van der Waals surface area contributed by atoms with Gasteiger partial charge in [0.05, 0.1) is 6.04 Å². The molecule has 0 radical (unpaired) electrons. The molecule has 1 N–H and O–H groups in total. The minimum Gasteiger partial charge on any atom is -0.312 e. The molecule has 0 aliphatic carbocycles. The highest BCUT2D eigenvalue weighted by atomic mass is 32.2. The fourth-order valence-corrected chi connectivity index (χ4v) is 3.55. The van der Waals surface area contributed by atoms with Crippen LogP contribution < -0.4 is 5.32 Å². The van der Waals surface area contributed by atoms with Gasteiger partial charge in [0.2, 0.25) is 0 Å². The maximum Gasteiger partial charge on any atom is 0.124 e. The lowest BCUT2D eigenvalue weighted by atomic mass is 10.3. The molecule has 4 heteroatoms. The van der Waals surface area contributed by atoms with E-state index in [1.165, 1.54) is 10.9 Å². The molecule has 0 bridgehead atoms. The van der Waals surface area contributed by atoms with Crippen LogP contribution in [0.25, 0.3) is 0 Å². The molecule has 17 heavy (non-hydrogen) atoms. The van der Waals surface area contributed by atoms with Crippen molar-refractivity contribution in [2.24, 2.45) is 0 Å². The molecular weight excluding hydrogens is 253 g/mol. The van der Waals surface area contributed by atoms with E-state index in [1.54, 1.807) is 35.2 Å². The summed E-state index contributed by atoms with van der Waals surface area (Å²) in [7, 11) is 1.95. The van der Waals surface area contributed by atoms with Gasteiger partial charge in [0.25, 0.3) is 0 Å². The van der Waals surface area contributed by atoms with Crippen LogP contribution in [0.15, 0.2) is 46.7 Å². The SMILES string of the molecule is CNC(CSc1cccc(F)c1)c1cccs1. The molecule has 0 aliphatic rings. The molecule has 0 amide bonds. The molecule has 0 saturated heterocycles. The van der Waals surface area contributed by atoms with Gasteiger partial charge < -0.3 is 5.32 Å². The summed E-state index contributed by atoms with van der Waals surface area (Å²) < 4.78 is 13.0. The number of hydrogen-bond acceptors (Lipinski definition) is 3. The van der Waals surface area contributed by atoms with Gasteiger partial charge in [0.1, 0.15) is 5.82 Å². The fraction of sp³-hybridized carbons (Fsp3) is 0.231. The van der Waals surface area contributed by atoms with E-state index >= 15 is 0 Å². The average molecular weight is 267 g/mol. The first kappa shape index (κ1) is 12.6. The van der Waals surface area contributed by atoms with Gasteiger partial charge in [-0.3, -0.25) is 0 Å². The van der Waals surface area contributed by atoms with Crippen molar-refractivity contribution in [3.63, 3.8) is 0 Å². The van der Waals surface area contributed by atoms with Crippen molar-refractivity contribution in [2.75, 3.05) is 12.8 Å². The second kappa shape index (κ2) is 6.19. The number of rotatable bonds is 5. The van der Waals surface area contributed by atoms with E-state index in [4.69, 9.17) is 0 Å². The summed E-state index contributed by atoms with van der Waals surface area (Å²) in [5.41, 5.74) is 0. The molecule has 1 unspecified atom stereocenters. The Bertz CT molecular complexity index is 456. The fourth-order valence-electron chi connectivity index (χ4n) is 1.53. The molecule has 1 nitrogen and oxygen atoms in total. The van der Waals surface area contributed by atoms with E-state index in [-0.39, 0.29) is 5.82 Å². The third kappa shape index (κ3) is 3.56. The van der Waals surface area contributed by atoms with Crippen molar-refractivity contribution in [2.45, 2.75) is 10.9 Å². The Labute approximate surface area is 109 Å². The molecule has 90 valence electrons. The standard InChI is InChI=1S/C13H14FNS2/c1-15-12(13-6-3-7-16-13)9-17-11-5-2-4-10(14)8-11/h2-8,12,15H,9H2,1H3. The van der Waals surface area contributed by atoms with Gasteiger partial charge in [-0.05, 0) is 36.7 Å². The average Bonchev–Trinajstić information content (AvgIpc) is 2.84. The molecule has 1 atom stereocenters. The molecule has 0 spiro atoms. The molecule has 2 rings (SSSR count). The van der Waals surface area contributed by atoms with Crippen molar-refractivity contribution >= 4 is 23.1 Å². The van der Waals surface area contributed by atoms with Gasteiger partial charge in [0, 0.05) is 15.5 Å². The summed E-state index contributed by atoms with van der Waals surface area (Å²) in [6.45, 7) is 0. The number of hydrogen-bond donors (Lipinski definition) is 1. The van der Waals surface area contributed by atoms with Crippen molar-refractivity contribution in [1.29, 1.82) is 0 Å². The first-order valence-corrected chi connectivity index (χ1v) is 7.25. The molecule has 1 heterocycles. The van der Waals surface area contributed by atoms with Crippen molar-refractivity contribution in [1.82, 2.24) is 5.32 Å². The summed E-state index contributed by atoms with van der Waals surface area (Å²) >= 11 is 3.41. The predicted molar refractivity (Wildman–Crippen MR) is 73.2 cm³/mol. The molecule has 0 fully saturated rings. The summed E-state index contributed by atoms with van der Waals surface area (Å²) in [6.07, 6.45) is 0. The Morgan fingerprint density at radius 1 is 1.35 bits per heavy atom. The number of benzene rings is 1. The highest BCUT2D eigenvalue weighted by molar-refractivity contribution is 7.99. The third-order valence-corrected chi connectivity index (χ3v) is 4.52. The van der Waals surface area contributed by atoms with Crippen LogP contribution in [0.3, 0.4) is 0 Å². The summed E-state index contributed by atoms with van der Waals surface area (Å²) in [5, 5.41) is 5.36. The minimum atomic E-state index is -0.174. The minimum absolute atomic E-state index is 0.174. The quantitative estimate of drug-likeness (QED) is 0.824. The second-order valence-electron chi connectivity index (χ2n) is 3.63. The highest BCUT2D eigenvalue weighted by Crippen LogP contribution is 2.27. The zero-order valence-electron chi connectivity index (χ0n) is 9.52. The van der Waals surface area contributed by atoms with E-state index in [1.807, 2.05) is 13.1 Å². The second-order valence-corrected chi connectivity index (χ2v) is 5.70. The highest BCUT2D eigenvalue weighted by Gasteiger charge is 2.10. The number of thiophene rings is 1. The van der Waals surface area contributed by atoms with E-state index < -0.39 is 0 Å². The summed E-state index contributed by atoms with van der Waals surface area (Å²) in [4.78, 5) is 2.29. The zero-order valence-corrected chi connectivity index (χ0v) is 11.2. The van der Waals surface area contributed by atoms with Crippen LogP contribution in [0.4, 0.5) is 4.39 Å². The number of thioether (sulfide) groups is 1. The van der Waals surface area contributed by atoms with Crippen LogP contribution in [0, 0.1) is 5.82 Å². The van der Waals surface area contributed by atoms with Gasteiger partial charge >= 0.3 is 0 Å². The number of nitrogens with one attached hydrogen (secondary N) is 1. The van der Waals surface area contributed by atoms with Gasteiger partial charge in [-0.25, -0.2) is 4.39 Å². The zero-order chi connectivity index (χ0) is 12.1. The maximum absolute atomic E-state index is 13.0. The van der Waals surface area contributed by atoms with Crippen LogP contribution in [0.5, 0.6) is 0 Å². The van der Waals surface area contributed by atoms with Crippen LogP contribution in [-0.2, 0) is 0 Å². The van der Waals surface area contributed by atoms with Crippen molar-refractivity contribution < 1.29 is 4.39 Å². The molecule has 0 saturated carbocycles. The topological polar surface area (TPSA) is 12.0 Å². The molecule has 2 aromatic rings. The Balaban J connectivity index is 1.97. The molecular formula is C13H14FNS2. The normalized spacial score (nSPS) is 12.6. The van der Waals surface area contributed by atoms with Crippen LogP contribution in [0.2, 0.25) is 0 Å². The van der Waals surface area contributed by atoms with Gasteiger partial charge in [-0.2, -0.15) is 0 Å². The van der Waals surface area contributed by atoms with Gasteiger partial charge in [-0.1, -0.05) is 12.1 Å². The lowest BCUT2D eigenvalue weighted by molar-refractivity contribution is 0.624. The van der Waals surface area contributed by atoms with Crippen LogP contribution in [0.1, 0.15) is 10.9 Å². The summed E-state index contributed by atoms with van der Waals surface area (Å²) in [6, 6.07) is 11.2. The van der Waals surface area contributed by atoms with Crippen molar-refractivity contribution in [3.8, 4) is 0 Å². The van der Waals surface area contributed by atoms with Crippen LogP contribution in [-0.4, -0.2) is 12.8 Å². The lowest BCUT2D eigenvalue weighted by Crippen LogP contribution is -2.17. The number of halogens is 1. The first-order valence-electron chi connectivity index (χ1n) is 5.38. The molecule has 1 aromatic carbocycles.